The zero-order chi connectivity index (χ0) is 15.0. The van der Waals surface area contributed by atoms with Gasteiger partial charge in [-0.1, -0.05) is 44.0 Å². The van der Waals surface area contributed by atoms with Crippen molar-refractivity contribution in [1.82, 2.24) is 0 Å². The molecule has 1 unspecified atom stereocenters. The topological polar surface area (TPSA) is 38.3 Å². The van der Waals surface area contributed by atoms with Crippen molar-refractivity contribution in [1.29, 1.82) is 0 Å². The Morgan fingerprint density at radius 1 is 1.24 bits per heavy atom. The molecule has 0 aromatic heterocycles. The van der Waals surface area contributed by atoms with E-state index in [9.17, 15) is 4.79 Å². The second-order valence-corrected chi connectivity index (χ2v) is 6.79. The first kappa shape index (κ1) is 14.6. The standard InChI is InChI=1S/C16H13Br2NO2/c1-9-2-4-11(17)7-12(9)16(18)10-3-5-14-13(6-10)19-15(20)8-21-14/h2-7,16H,8H2,1H3,(H,19,20). The maximum atomic E-state index is 11.4. The minimum Gasteiger partial charge on any atom is -0.482 e. The van der Waals surface area contributed by atoms with Crippen molar-refractivity contribution in [2.45, 2.75) is 11.8 Å². The van der Waals surface area contributed by atoms with Gasteiger partial charge in [0.1, 0.15) is 5.75 Å². The van der Waals surface area contributed by atoms with E-state index in [1.54, 1.807) is 0 Å². The van der Waals surface area contributed by atoms with Crippen LogP contribution in [0, 0.1) is 6.92 Å². The van der Waals surface area contributed by atoms with E-state index in [2.05, 4.69) is 56.2 Å². The molecular formula is C16H13Br2NO2. The van der Waals surface area contributed by atoms with Gasteiger partial charge in [-0.05, 0) is 47.9 Å². The Morgan fingerprint density at radius 3 is 2.86 bits per heavy atom. The minimum absolute atomic E-state index is 0.0547. The molecule has 5 heteroatoms. The Bertz CT molecular complexity index is 715. The van der Waals surface area contributed by atoms with Crippen molar-refractivity contribution >= 4 is 43.5 Å². The minimum atomic E-state index is -0.121. The van der Waals surface area contributed by atoms with Gasteiger partial charge in [-0.3, -0.25) is 4.79 Å². The normalized spacial score (nSPS) is 14.9. The monoisotopic (exact) mass is 409 g/mol. The summed E-state index contributed by atoms with van der Waals surface area (Å²) in [7, 11) is 0. The third-order valence-corrected chi connectivity index (χ3v) is 4.96. The molecule has 108 valence electrons. The molecule has 0 radical (unpaired) electrons. The van der Waals surface area contributed by atoms with Crippen molar-refractivity contribution in [2.24, 2.45) is 0 Å². The molecule has 21 heavy (non-hydrogen) atoms. The zero-order valence-electron chi connectivity index (χ0n) is 11.3. The summed E-state index contributed by atoms with van der Waals surface area (Å²) in [4.78, 5) is 11.5. The maximum absolute atomic E-state index is 11.4. The highest BCUT2D eigenvalue weighted by atomic mass is 79.9. The molecule has 0 saturated carbocycles. The number of aryl methyl sites for hydroxylation is 1. The molecule has 1 heterocycles. The molecule has 1 atom stereocenters. The molecule has 1 aliphatic rings. The summed E-state index contributed by atoms with van der Waals surface area (Å²) in [6.07, 6.45) is 0. The lowest BCUT2D eigenvalue weighted by Gasteiger charge is -2.20. The molecule has 0 spiro atoms. The van der Waals surface area contributed by atoms with E-state index < -0.39 is 0 Å². The zero-order valence-corrected chi connectivity index (χ0v) is 14.5. The summed E-state index contributed by atoms with van der Waals surface area (Å²) < 4.78 is 6.43. The lowest BCUT2D eigenvalue weighted by Crippen LogP contribution is -2.25. The van der Waals surface area contributed by atoms with Gasteiger partial charge in [0.2, 0.25) is 0 Å². The van der Waals surface area contributed by atoms with Crippen LogP contribution in [-0.2, 0) is 4.79 Å². The molecule has 0 saturated heterocycles. The van der Waals surface area contributed by atoms with Crippen LogP contribution < -0.4 is 10.1 Å². The van der Waals surface area contributed by atoms with Crippen LogP contribution in [0.5, 0.6) is 5.75 Å². The summed E-state index contributed by atoms with van der Waals surface area (Å²) >= 11 is 7.25. The Balaban J connectivity index is 1.98. The molecule has 1 amide bonds. The van der Waals surface area contributed by atoms with Gasteiger partial charge < -0.3 is 10.1 Å². The summed E-state index contributed by atoms with van der Waals surface area (Å²) in [5.41, 5.74) is 4.19. The van der Waals surface area contributed by atoms with Crippen molar-refractivity contribution in [3.63, 3.8) is 0 Å². The van der Waals surface area contributed by atoms with Crippen LogP contribution in [0.3, 0.4) is 0 Å². The van der Waals surface area contributed by atoms with Gasteiger partial charge in [-0.15, -0.1) is 0 Å². The second kappa shape index (κ2) is 5.81. The van der Waals surface area contributed by atoms with Crippen LogP contribution in [0.4, 0.5) is 5.69 Å². The number of carbonyl (C=O) groups excluding carboxylic acids is 1. The number of hydrogen-bond acceptors (Lipinski definition) is 2. The first-order valence-corrected chi connectivity index (χ1v) is 8.22. The summed E-state index contributed by atoms with van der Waals surface area (Å²) in [5, 5.41) is 2.84. The SMILES string of the molecule is Cc1ccc(Br)cc1C(Br)c1ccc2c(c1)NC(=O)CO2. The van der Waals surface area contributed by atoms with Gasteiger partial charge in [0.25, 0.3) is 5.91 Å². The Labute approximate surface area is 140 Å². The molecule has 2 aromatic rings. The van der Waals surface area contributed by atoms with E-state index in [1.807, 2.05) is 24.3 Å². The highest BCUT2D eigenvalue weighted by Gasteiger charge is 2.19. The Hall–Kier alpha value is -1.33. The highest BCUT2D eigenvalue weighted by molar-refractivity contribution is 9.10. The van der Waals surface area contributed by atoms with Crippen molar-refractivity contribution in [3.05, 3.63) is 57.6 Å². The van der Waals surface area contributed by atoms with Gasteiger partial charge in [0.15, 0.2) is 6.61 Å². The fourth-order valence-corrected chi connectivity index (χ4v) is 3.48. The van der Waals surface area contributed by atoms with Crippen LogP contribution in [0.2, 0.25) is 0 Å². The van der Waals surface area contributed by atoms with Crippen molar-refractivity contribution in [2.75, 3.05) is 11.9 Å². The number of hydrogen-bond donors (Lipinski definition) is 1. The number of anilines is 1. The highest BCUT2D eigenvalue weighted by Crippen LogP contribution is 2.38. The van der Waals surface area contributed by atoms with E-state index in [0.29, 0.717) is 5.75 Å². The van der Waals surface area contributed by atoms with E-state index in [4.69, 9.17) is 4.74 Å². The first-order valence-electron chi connectivity index (χ1n) is 6.51. The molecule has 2 aromatic carbocycles. The number of benzene rings is 2. The number of fused-ring (bicyclic) bond motifs is 1. The lowest BCUT2D eigenvalue weighted by atomic mass is 10.00. The summed E-state index contributed by atoms with van der Waals surface area (Å²) in [6, 6.07) is 12.1. The van der Waals surface area contributed by atoms with Crippen LogP contribution in [0.25, 0.3) is 0 Å². The van der Waals surface area contributed by atoms with Crippen LogP contribution >= 0.6 is 31.9 Å². The van der Waals surface area contributed by atoms with E-state index in [0.717, 1.165) is 15.7 Å². The summed E-state index contributed by atoms with van der Waals surface area (Å²) in [5.74, 6) is 0.591. The number of carbonyl (C=O) groups is 1. The Morgan fingerprint density at radius 2 is 2.05 bits per heavy atom. The lowest BCUT2D eigenvalue weighted by molar-refractivity contribution is -0.118. The van der Waals surface area contributed by atoms with Crippen LogP contribution in [0.15, 0.2) is 40.9 Å². The largest absolute Gasteiger partial charge is 0.482 e. The maximum Gasteiger partial charge on any atom is 0.262 e. The van der Waals surface area contributed by atoms with E-state index >= 15 is 0 Å². The van der Waals surface area contributed by atoms with Crippen LogP contribution in [-0.4, -0.2) is 12.5 Å². The molecule has 3 rings (SSSR count). The third kappa shape index (κ3) is 2.99. The average molecular weight is 411 g/mol. The fourth-order valence-electron chi connectivity index (χ4n) is 2.32. The predicted octanol–water partition coefficient (Wildman–Crippen LogP) is 4.57. The fraction of sp³-hybridized carbons (Fsp3) is 0.188. The number of rotatable bonds is 2. The number of ether oxygens (including phenoxy) is 1. The van der Waals surface area contributed by atoms with Gasteiger partial charge in [-0.2, -0.15) is 0 Å². The molecule has 3 nitrogen and oxygen atoms in total. The summed E-state index contributed by atoms with van der Waals surface area (Å²) in [6.45, 7) is 2.16. The molecule has 1 aliphatic heterocycles. The molecule has 1 N–H and O–H groups in total. The first-order chi connectivity index (χ1) is 10.0. The van der Waals surface area contributed by atoms with Gasteiger partial charge >= 0.3 is 0 Å². The predicted molar refractivity (Wildman–Crippen MR) is 90.2 cm³/mol. The Kier molecular flexibility index (Phi) is 4.04. The number of nitrogens with one attached hydrogen (secondary N) is 1. The number of halogens is 2. The van der Waals surface area contributed by atoms with Gasteiger partial charge in [-0.25, -0.2) is 0 Å². The van der Waals surface area contributed by atoms with E-state index in [1.165, 1.54) is 11.1 Å². The number of alkyl halides is 1. The van der Waals surface area contributed by atoms with Gasteiger partial charge in [0.05, 0.1) is 10.5 Å². The molecular weight excluding hydrogens is 398 g/mol. The van der Waals surface area contributed by atoms with Crippen molar-refractivity contribution < 1.29 is 9.53 Å². The third-order valence-electron chi connectivity index (χ3n) is 3.44. The van der Waals surface area contributed by atoms with Crippen LogP contribution in [0.1, 0.15) is 21.5 Å². The number of amides is 1. The van der Waals surface area contributed by atoms with Gasteiger partial charge in [0, 0.05) is 4.47 Å². The molecule has 0 fully saturated rings. The quantitative estimate of drug-likeness (QED) is 0.736. The molecule has 0 bridgehead atoms. The second-order valence-electron chi connectivity index (χ2n) is 4.96. The smallest absolute Gasteiger partial charge is 0.262 e. The van der Waals surface area contributed by atoms with Crippen molar-refractivity contribution in [3.8, 4) is 5.75 Å². The van der Waals surface area contributed by atoms with E-state index in [-0.39, 0.29) is 17.3 Å². The average Bonchev–Trinajstić information content (AvgIpc) is 2.48. The molecule has 0 aliphatic carbocycles.